The van der Waals surface area contributed by atoms with Gasteiger partial charge in [-0.05, 0) is 6.42 Å². The molecule has 1 aromatic rings. The van der Waals surface area contributed by atoms with Crippen LogP contribution in [0.25, 0.3) is 0 Å². The van der Waals surface area contributed by atoms with Gasteiger partial charge < -0.3 is 10.4 Å². The van der Waals surface area contributed by atoms with E-state index in [1.807, 2.05) is 11.9 Å². The van der Waals surface area contributed by atoms with Gasteiger partial charge in [-0.1, -0.05) is 19.8 Å². The van der Waals surface area contributed by atoms with Gasteiger partial charge in [-0.3, -0.25) is 9.78 Å². The summed E-state index contributed by atoms with van der Waals surface area (Å²) < 4.78 is 37.5. The molecule has 1 aromatic heterocycles. The fourth-order valence-corrected chi connectivity index (χ4v) is 1.50. The summed E-state index contributed by atoms with van der Waals surface area (Å²) in [7, 11) is 0. The van der Waals surface area contributed by atoms with Crippen LogP contribution in [0.1, 0.15) is 31.9 Å². The number of aromatic amines is 1. The van der Waals surface area contributed by atoms with Crippen LogP contribution in [0.2, 0.25) is 0 Å². The number of carboxylic acids is 1. The van der Waals surface area contributed by atoms with Gasteiger partial charge in [0, 0.05) is 6.07 Å². The summed E-state index contributed by atoms with van der Waals surface area (Å²) in [5.74, 6) is -1.73. The van der Waals surface area contributed by atoms with Gasteiger partial charge in [0.2, 0.25) is 5.95 Å². The van der Waals surface area contributed by atoms with Gasteiger partial charge in [0.15, 0.2) is 5.69 Å². The Morgan fingerprint density at radius 2 is 2.20 bits per heavy atom. The highest BCUT2D eigenvalue weighted by molar-refractivity contribution is 5.76. The second-order valence-corrected chi connectivity index (χ2v) is 4.15. The molecule has 0 saturated carbocycles. The summed E-state index contributed by atoms with van der Waals surface area (Å²) in [5.41, 5.74) is -2.38. The number of rotatable bonds is 6. The number of carboxylic acid groups (broad SMARTS) is 1. The SMILES string of the molecule is CCCCC(Nc1nc(C(F)(F)F)cc(=O)[nH]1)C(=O)O. The largest absolute Gasteiger partial charge is 0.480 e. The number of aromatic nitrogens is 2. The number of nitrogens with one attached hydrogen (secondary N) is 2. The first-order valence-corrected chi connectivity index (χ1v) is 5.92. The number of halogens is 3. The summed E-state index contributed by atoms with van der Waals surface area (Å²) >= 11 is 0. The van der Waals surface area contributed by atoms with Crippen LogP contribution in [0.15, 0.2) is 10.9 Å². The molecular weight excluding hydrogens is 279 g/mol. The number of unbranched alkanes of at least 4 members (excludes halogenated alkanes) is 1. The highest BCUT2D eigenvalue weighted by Crippen LogP contribution is 2.26. The predicted molar refractivity (Wildman–Crippen MR) is 64.4 cm³/mol. The predicted octanol–water partition coefficient (Wildman–Crippen LogP) is 1.84. The smallest absolute Gasteiger partial charge is 0.433 e. The first-order valence-electron chi connectivity index (χ1n) is 5.92. The Morgan fingerprint density at radius 1 is 1.55 bits per heavy atom. The summed E-state index contributed by atoms with van der Waals surface area (Å²) in [5, 5.41) is 11.3. The number of aliphatic carboxylic acids is 1. The van der Waals surface area contributed by atoms with Crippen molar-refractivity contribution in [3.63, 3.8) is 0 Å². The minimum Gasteiger partial charge on any atom is -0.480 e. The lowest BCUT2D eigenvalue weighted by Gasteiger charge is -2.15. The van der Waals surface area contributed by atoms with E-state index in [0.29, 0.717) is 12.5 Å². The summed E-state index contributed by atoms with van der Waals surface area (Å²) in [4.78, 5) is 27.3. The second kappa shape index (κ2) is 6.40. The van der Waals surface area contributed by atoms with Gasteiger partial charge in [0.1, 0.15) is 6.04 Å². The van der Waals surface area contributed by atoms with Gasteiger partial charge in [0.25, 0.3) is 5.56 Å². The van der Waals surface area contributed by atoms with Crippen molar-refractivity contribution in [2.45, 2.75) is 38.4 Å². The van der Waals surface area contributed by atoms with Gasteiger partial charge in [-0.15, -0.1) is 0 Å². The van der Waals surface area contributed by atoms with Crippen molar-refractivity contribution in [1.82, 2.24) is 9.97 Å². The Kier molecular flexibility index (Phi) is 5.12. The van der Waals surface area contributed by atoms with E-state index in [2.05, 4.69) is 10.3 Å². The molecule has 1 atom stereocenters. The van der Waals surface area contributed by atoms with Crippen LogP contribution in [-0.2, 0) is 11.0 Å². The van der Waals surface area contributed by atoms with E-state index in [0.717, 1.165) is 6.42 Å². The van der Waals surface area contributed by atoms with Crippen LogP contribution < -0.4 is 10.9 Å². The van der Waals surface area contributed by atoms with Crippen molar-refractivity contribution in [1.29, 1.82) is 0 Å². The molecule has 0 aromatic carbocycles. The fraction of sp³-hybridized carbons (Fsp3) is 0.545. The summed E-state index contributed by atoms with van der Waals surface area (Å²) in [6, 6.07) is -0.797. The number of anilines is 1. The maximum Gasteiger partial charge on any atom is 0.433 e. The molecule has 6 nitrogen and oxygen atoms in total. The maximum absolute atomic E-state index is 12.5. The molecule has 1 rings (SSSR count). The Balaban J connectivity index is 2.98. The molecule has 0 fully saturated rings. The molecule has 20 heavy (non-hydrogen) atoms. The van der Waals surface area contributed by atoms with Crippen molar-refractivity contribution >= 4 is 11.9 Å². The third-order valence-electron chi connectivity index (χ3n) is 2.49. The van der Waals surface area contributed by atoms with E-state index in [4.69, 9.17) is 5.11 Å². The number of nitrogens with zero attached hydrogens (tertiary/aromatic N) is 1. The Morgan fingerprint density at radius 3 is 2.70 bits per heavy atom. The average Bonchev–Trinajstić information content (AvgIpc) is 2.32. The summed E-state index contributed by atoms with van der Waals surface area (Å²) in [6.45, 7) is 1.85. The molecule has 0 aliphatic rings. The minimum atomic E-state index is -4.77. The standard InChI is InChI=1S/C11H14F3N3O3/c1-2-3-4-6(9(19)20)15-10-16-7(11(12,13)14)5-8(18)17-10/h5-6H,2-4H2,1H3,(H,19,20)(H2,15,16,17,18). The van der Waals surface area contributed by atoms with Crippen molar-refractivity contribution in [2.75, 3.05) is 5.32 Å². The highest BCUT2D eigenvalue weighted by atomic mass is 19.4. The first-order chi connectivity index (χ1) is 9.24. The van der Waals surface area contributed by atoms with Gasteiger partial charge >= 0.3 is 12.1 Å². The van der Waals surface area contributed by atoms with Crippen molar-refractivity contribution in [3.8, 4) is 0 Å². The Hall–Kier alpha value is -2.06. The number of hydrogen-bond donors (Lipinski definition) is 3. The fourth-order valence-electron chi connectivity index (χ4n) is 1.50. The molecule has 0 radical (unpaired) electrons. The highest BCUT2D eigenvalue weighted by Gasteiger charge is 2.33. The van der Waals surface area contributed by atoms with Crippen LogP contribution >= 0.6 is 0 Å². The van der Waals surface area contributed by atoms with Crippen LogP contribution in [0, 0.1) is 0 Å². The van der Waals surface area contributed by atoms with Crippen molar-refractivity contribution in [2.24, 2.45) is 0 Å². The zero-order chi connectivity index (χ0) is 15.3. The molecule has 1 heterocycles. The van der Waals surface area contributed by atoms with E-state index in [-0.39, 0.29) is 6.42 Å². The molecule has 3 N–H and O–H groups in total. The number of alkyl halides is 3. The van der Waals surface area contributed by atoms with Crippen LogP contribution in [-0.4, -0.2) is 27.1 Å². The molecular formula is C11H14F3N3O3. The topological polar surface area (TPSA) is 95.1 Å². The monoisotopic (exact) mass is 293 g/mol. The van der Waals surface area contributed by atoms with E-state index in [1.54, 1.807) is 0 Å². The van der Waals surface area contributed by atoms with E-state index >= 15 is 0 Å². The zero-order valence-electron chi connectivity index (χ0n) is 10.6. The second-order valence-electron chi connectivity index (χ2n) is 4.15. The minimum absolute atomic E-state index is 0.214. The van der Waals surface area contributed by atoms with Crippen molar-refractivity contribution < 1.29 is 23.1 Å². The van der Waals surface area contributed by atoms with E-state index in [1.165, 1.54) is 0 Å². The van der Waals surface area contributed by atoms with Gasteiger partial charge in [0.05, 0.1) is 0 Å². The lowest BCUT2D eigenvalue weighted by molar-refractivity contribution is -0.141. The van der Waals surface area contributed by atoms with E-state index in [9.17, 15) is 22.8 Å². The van der Waals surface area contributed by atoms with Gasteiger partial charge in [-0.2, -0.15) is 13.2 Å². The van der Waals surface area contributed by atoms with Gasteiger partial charge in [-0.25, -0.2) is 9.78 Å². The normalized spacial score (nSPS) is 13.0. The molecule has 0 saturated heterocycles. The average molecular weight is 293 g/mol. The van der Waals surface area contributed by atoms with Crippen LogP contribution in [0.4, 0.5) is 19.1 Å². The molecule has 0 amide bonds. The maximum atomic E-state index is 12.5. The third kappa shape index (κ3) is 4.56. The number of H-pyrrole nitrogens is 1. The van der Waals surface area contributed by atoms with Crippen LogP contribution in [0.5, 0.6) is 0 Å². The van der Waals surface area contributed by atoms with Crippen molar-refractivity contribution in [3.05, 3.63) is 22.1 Å². The molecule has 0 aliphatic heterocycles. The molecule has 0 bridgehead atoms. The Bertz CT molecular complexity index is 528. The molecule has 1 unspecified atom stereocenters. The molecule has 0 spiro atoms. The zero-order valence-corrected chi connectivity index (χ0v) is 10.6. The quantitative estimate of drug-likeness (QED) is 0.744. The third-order valence-corrected chi connectivity index (χ3v) is 2.49. The van der Waals surface area contributed by atoms with E-state index < -0.39 is 35.4 Å². The first kappa shape index (κ1) is 16.0. The number of hydrogen-bond acceptors (Lipinski definition) is 4. The lowest BCUT2D eigenvalue weighted by atomic mass is 10.1. The summed E-state index contributed by atoms with van der Waals surface area (Å²) in [6.07, 6.45) is -3.25. The molecule has 0 aliphatic carbocycles. The molecule has 112 valence electrons. The Labute approximate surface area is 112 Å². The van der Waals surface area contributed by atoms with Crippen LogP contribution in [0.3, 0.4) is 0 Å². The molecule has 9 heteroatoms. The number of carbonyl (C=O) groups is 1. The lowest BCUT2D eigenvalue weighted by Crippen LogP contribution is -2.31.